The number of benzene rings is 1. The van der Waals surface area contributed by atoms with Crippen LogP contribution in [0.2, 0.25) is 0 Å². The van der Waals surface area contributed by atoms with E-state index in [0.717, 1.165) is 26.1 Å². The van der Waals surface area contributed by atoms with E-state index in [0.29, 0.717) is 18.4 Å². The van der Waals surface area contributed by atoms with Gasteiger partial charge < -0.3 is 14.8 Å². The minimum absolute atomic E-state index is 0.0452. The molecule has 1 atom stereocenters. The van der Waals surface area contributed by atoms with E-state index in [4.69, 9.17) is 9.47 Å². The highest BCUT2D eigenvalue weighted by molar-refractivity contribution is 5.23. The summed E-state index contributed by atoms with van der Waals surface area (Å²) in [5.74, 6) is 0.0109. The fourth-order valence-corrected chi connectivity index (χ4v) is 2.43. The van der Waals surface area contributed by atoms with Crippen molar-refractivity contribution in [2.75, 3.05) is 19.8 Å². The Labute approximate surface area is 126 Å². The zero-order valence-corrected chi connectivity index (χ0v) is 13.2. The Morgan fingerprint density at radius 3 is 2.57 bits per heavy atom. The molecule has 0 bridgehead atoms. The molecule has 0 aliphatic carbocycles. The van der Waals surface area contributed by atoms with Crippen LogP contribution in [0.5, 0.6) is 5.75 Å². The average Bonchev–Trinajstić information content (AvgIpc) is 2.45. The Morgan fingerprint density at radius 1 is 1.29 bits per heavy atom. The van der Waals surface area contributed by atoms with Crippen molar-refractivity contribution in [2.24, 2.45) is 5.41 Å². The molecule has 3 nitrogen and oxygen atoms in total. The molecular formula is C17H26FNO2. The van der Waals surface area contributed by atoms with Gasteiger partial charge in [-0.1, -0.05) is 32.9 Å². The third-order valence-electron chi connectivity index (χ3n) is 3.95. The first-order valence-electron chi connectivity index (χ1n) is 7.68. The molecule has 1 fully saturated rings. The minimum atomic E-state index is -0.309. The lowest BCUT2D eigenvalue weighted by Crippen LogP contribution is -2.50. The van der Waals surface area contributed by atoms with Crippen LogP contribution >= 0.6 is 0 Å². The predicted molar refractivity (Wildman–Crippen MR) is 82.1 cm³/mol. The van der Waals surface area contributed by atoms with Crippen LogP contribution in [0, 0.1) is 11.2 Å². The van der Waals surface area contributed by atoms with Gasteiger partial charge in [0.15, 0.2) is 11.6 Å². The largest absolute Gasteiger partial charge is 0.489 e. The van der Waals surface area contributed by atoms with E-state index in [-0.39, 0.29) is 17.3 Å². The van der Waals surface area contributed by atoms with Crippen LogP contribution in [-0.2, 0) is 4.74 Å². The van der Waals surface area contributed by atoms with Gasteiger partial charge in [0, 0.05) is 25.3 Å². The summed E-state index contributed by atoms with van der Waals surface area (Å²) in [6.45, 7) is 8.60. The summed E-state index contributed by atoms with van der Waals surface area (Å²) in [5.41, 5.74) is 0.0452. The molecule has 0 radical (unpaired) electrons. The fourth-order valence-electron chi connectivity index (χ4n) is 2.43. The van der Waals surface area contributed by atoms with Crippen LogP contribution in [0.3, 0.4) is 0 Å². The molecule has 1 aromatic carbocycles. The molecular weight excluding hydrogens is 269 g/mol. The molecule has 0 unspecified atom stereocenters. The molecule has 0 aromatic heterocycles. The summed E-state index contributed by atoms with van der Waals surface area (Å²) in [5, 5.41) is 3.66. The number of para-hydroxylation sites is 1. The minimum Gasteiger partial charge on any atom is -0.489 e. The smallest absolute Gasteiger partial charge is 0.165 e. The van der Waals surface area contributed by atoms with E-state index in [2.05, 4.69) is 26.1 Å². The first-order chi connectivity index (χ1) is 9.97. The number of hydrogen-bond donors (Lipinski definition) is 1. The highest BCUT2D eigenvalue weighted by Crippen LogP contribution is 2.23. The van der Waals surface area contributed by atoms with Crippen LogP contribution in [0.15, 0.2) is 24.3 Å². The van der Waals surface area contributed by atoms with Crippen molar-refractivity contribution < 1.29 is 13.9 Å². The van der Waals surface area contributed by atoms with Crippen molar-refractivity contribution in [3.8, 4) is 5.75 Å². The van der Waals surface area contributed by atoms with E-state index < -0.39 is 0 Å². The number of nitrogens with one attached hydrogen (secondary N) is 1. The van der Waals surface area contributed by atoms with Crippen LogP contribution < -0.4 is 10.1 Å². The van der Waals surface area contributed by atoms with E-state index in [9.17, 15) is 4.39 Å². The van der Waals surface area contributed by atoms with Gasteiger partial charge in [-0.15, -0.1) is 0 Å². The highest BCUT2D eigenvalue weighted by Gasteiger charge is 2.28. The van der Waals surface area contributed by atoms with Crippen molar-refractivity contribution in [2.45, 2.75) is 45.7 Å². The zero-order chi connectivity index (χ0) is 15.3. The summed E-state index contributed by atoms with van der Waals surface area (Å²) in [6, 6.07) is 7.17. The maximum absolute atomic E-state index is 13.6. The molecule has 0 amide bonds. The molecule has 1 aromatic rings. The standard InChI is InChI=1S/C17H26FNO2/c1-17(2,3)16(19-13-8-10-20-11-9-13)12-21-15-7-5-4-6-14(15)18/h4-7,13,16,19H,8-12H2,1-3H3/t16-/m0/s1. The van der Waals surface area contributed by atoms with E-state index >= 15 is 0 Å². The molecule has 1 N–H and O–H groups in total. The SMILES string of the molecule is CC(C)(C)[C@H](COc1ccccc1F)NC1CCOCC1. The second-order valence-electron chi connectivity index (χ2n) is 6.71. The summed E-state index contributed by atoms with van der Waals surface area (Å²) in [6.07, 6.45) is 2.04. The number of rotatable bonds is 5. The Bertz CT molecular complexity index is 439. The second-order valence-corrected chi connectivity index (χ2v) is 6.71. The van der Waals surface area contributed by atoms with Gasteiger partial charge in [0.05, 0.1) is 0 Å². The second kappa shape index (κ2) is 7.23. The normalized spacial score (nSPS) is 18.5. The monoisotopic (exact) mass is 295 g/mol. The van der Waals surface area contributed by atoms with Gasteiger partial charge in [-0.2, -0.15) is 0 Å². The first-order valence-corrected chi connectivity index (χ1v) is 7.68. The van der Waals surface area contributed by atoms with Crippen LogP contribution in [-0.4, -0.2) is 31.9 Å². The van der Waals surface area contributed by atoms with Gasteiger partial charge in [0.1, 0.15) is 6.61 Å². The molecule has 4 heteroatoms. The van der Waals surface area contributed by atoms with Crippen LogP contribution in [0.1, 0.15) is 33.6 Å². The zero-order valence-electron chi connectivity index (χ0n) is 13.2. The fraction of sp³-hybridized carbons (Fsp3) is 0.647. The average molecular weight is 295 g/mol. The molecule has 1 aliphatic heterocycles. The molecule has 21 heavy (non-hydrogen) atoms. The van der Waals surface area contributed by atoms with Gasteiger partial charge in [0.2, 0.25) is 0 Å². The number of ether oxygens (including phenoxy) is 2. The van der Waals surface area contributed by atoms with Gasteiger partial charge in [0.25, 0.3) is 0 Å². The summed E-state index contributed by atoms with van der Waals surface area (Å²) in [4.78, 5) is 0. The van der Waals surface area contributed by atoms with Crippen LogP contribution in [0.25, 0.3) is 0 Å². The molecule has 0 saturated carbocycles. The van der Waals surface area contributed by atoms with E-state index in [1.54, 1.807) is 18.2 Å². The van der Waals surface area contributed by atoms with Gasteiger partial charge in [-0.3, -0.25) is 0 Å². The third kappa shape index (κ3) is 4.97. The maximum Gasteiger partial charge on any atom is 0.165 e. The highest BCUT2D eigenvalue weighted by atomic mass is 19.1. The molecule has 1 aliphatic rings. The lowest BCUT2D eigenvalue weighted by Gasteiger charge is -2.36. The summed E-state index contributed by atoms with van der Waals surface area (Å²) < 4.78 is 24.7. The Balaban J connectivity index is 1.95. The molecule has 1 saturated heterocycles. The van der Waals surface area contributed by atoms with Crippen LogP contribution in [0.4, 0.5) is 4.39 Å². The van der Waals surface area contributed by atoms with E-state index in [1.807, 2.05) is 0 Å². The quantitative estimate of drug-likeness (QED) is 0.903. The van der Waals surface area contributed by atoms with Gasteiger partial charge >= 0.3 is 0 Å². The summed E-state index contributed by atoms with van der Waals surface area (Å²) >= 11 is 0. The lowest BCUT2D eigenvalue weighted by atomic mass is 9.86. The number of hydrogen-bond acceptors (Lipinski definition) is 3. The molecule has 0 spiro atoms. The Kier molecular flexibility index (Phi) is 5.59. The Morgan fingerprint density at radius 2 is 1.95 bits per heavy atom. The van der Waals surface area contributed by atoms with Crippen molar-refractivity contribution in [3.63, 3.8) is 0 Å². The van der Waals surface area contributed by atoms with Crippen molar-refractivity contribution >= 4 is 0 Å². The maximum atomic E-state index is 13.6. The summed E-state index contributed by atoms with van der Waals surface area (Å²) in [7, 11) is 0. The lowest BCUT2D eigenvalue weighted by molar-refractivity contribution is 0.0625. The predicted octanol–water partition coefficient (Wildman–Crippen LogP) is 3.39. The van der Waals surface area contributed by atoms with Gasteiger partial charge in [-0.25, -0.2) is 4.39 Å². The van der Waals surface area contributed by atoms with Crippen molar-refractivity contribution in [1.82, 2.24) is 5.32 Å². The molecule has 1 heterocycles. The molecule has 118 valence electrons. The Hall–Kier alpha value is -1.13. The van der Waals surface area contributed by atoms with Crippen molar-refractivity contribution in [1.29, 1.82) is 0 Å². The topological polar surface area (TPSA) is 30.5 Å². The first kappa shape index (κ1) is 16.2. The van der Waals surface area contributed by atoms with Crippen molar-refractivity contribution in [3.05, 3.63) is 30.1 Å². The number of halogens is 1. The van der Waals surface area contributed by atoms with Gasteiger partial charge in [-0.05, 0) is 30.4 Å². The third-order valence-corrected chi connectivity index (χ3v) is 3.95. The van der Waals surface area contributed by atoms with E-state index in [1.165, 1.54) is 6.07 Å². The molecule has 2 rings (SSSR count).